The summed E-state index contributed by atoms with van der Waals surface area (Å²) in [6.07, 6.45) is 3.43. The molecule has 1 aliphatic carbocycles. The molecule has 6 nitrogen and oxygen atoms in total. The predicted octanol–water partition coefficient (Wildman–Crippen LogP) is 1.39. The van der Waals surface area contributed by atoms with Gasteiger partial charge in [0.05, 0.1) is 5.75 Å². The fourth-order valence-corrected chi connectivity index (χ4v) is 3.38. The van der Waals surface area contributed by atoms with Gasteiger partial charge in [0.15, 0.2) is 5.16 Å². The van der Waals surface area contributed by atoms with Crippen molar-refractivity contribution in [1.82, 2.24) is 15.3 Å². The van der Waals surface area contributed by atoms with Crippen molar-refractivity contribution in [2.24, 2.45) is 11.8 Å². The number of nitrogens with zero attached hydrogens (tertiary/aromatic N) is 1. The van der Waals surface area contributed by atoms with E-state index in [1.165, 1.54) is 24.2 Å². The molecule has 1 saturated carbocycles. The summed E-state index contributed by atoms with van der Waals surface area (Å²) in [5.74, 6) is 1.50. The van der Waals surface area contributed by atoms with E-state index in [0.717, 1.165) is 12.8 Å². The summed E-state index contributed by atoms with van der Waals surface area (Å²) in [6.45, 7) is 4.43. The van der Waals surface area contributed by atoms with Gasteiger partial charge in [-0.3, -0.25) is 9.59 Å². The maximum absolute atomic E-state index is 12.0. The van der Waals surface area contributed by atoms with E-state index in [1.54, 1.807) is 0 Å². The lowest BCUT2D eigenvalue weighted by Gasteiger charge is -2.34. The van der Waals surface area contributed by atoms with Crippen LogP contribution in [0.15, 0.2) is 16.0 Å². The van der Waals surface area contributed by atoms with Gasteiger partial charge in [-0.15, -0.1) is 0 Å². The highest BCUT2D eigenvalue weighted by Gasteiger charge is 2.27. The molecule has 0 saturated heterocycles. The molecule has 1 amide bonds. The number of aromatic nitrogens is 2. The number of nitrogen functional groups attached to an aromatic ring is 1. The smallest absolute Gasteiger partial charge is 0.253 e. The number of thioether (sulfide) groups is 1. The Balaban J connectivity index is 1.86. The normalized spacial score (nSPS) is 25.5. The molecule has 3 atom stereocenters. The van der Waals surface area contributed by atoms with Gasteiger partial charge < -0.3 is 16.0 Å². The van der Waals surface area contributed by atoms with Crippen molar-refractivity contribution in [3.63, 3.8) is 0 Å². The number of carbonyl (C=O) groups is 1. The van der Waals surface area contributed by atoms with Crippen LogP contribution >= 0.6 is 11.8 Å². The molecule has 1 heterocycles. The Kier molecular flexibility index (Phi) is 5.27. The van der Waals surface area contributed by atoms with Crippen molar-refractivity contribution in [3.05, 3.63) is 16.4 Å². The van der Waals surface area contributed by atoms with E-state index in [4.69, 9.17) is 5.73 Å². The number of nitrogens with one attached hydrogen (secondary N) is 2. The summed E-state index contributed by atoms with van der Waals surface area (Å²) in [5, 5.41) is 3.46. The maximum atomic E-state index is 12.0. The average molecular weight is 310 g/mol. The van der Waals surface area contributed by atoms with E-state index in [-0.39, 0.29) is 29.1 Å². The third-order valence-electron chi connectivity index (χ3n) is 4.13. The van der Waals surface area contributed by atoms with Gasteiger partial charge in [-0.1, -0.05) is 38.5 Å². The standard InChI is InChI=1S/C14H22N4O2S/c1-8-4-3-5-10(9(8)2)16-13(20)7-21-14-17-11(15)6-12(19)18-14/h6,8-10H,3-5,7H2,1-2H3,(H,16,20)(H3,15,17,18,19)/t8-,9-,10+/m0/s1. The van der Waals surface area contributed by atoms with E-state index in [1.807, 2.05) is 0 Å². The van der Waals surface area contributed by atoms with Gasteiger partial charge in [0, 0.05) is 12.1 Å². The van der Waals surface area contributed by atoms with Crippen LogP contribution in [-0.4, -0.2) is 27.7 Å². The number of rotatable bonds is 4. The molecular formula is C14H22N4O2S. The number of nitrogens with two attached hydrogens (primary N) is 1. The van der Waals surface area contributed by atoms with Gasteiger partial charge in [0.1, 0.15) is 5.82 Å². The second-order valence-corrected chi connectivity index (χ2v) is 6.67. The Morgan fingerprint density at radius 1 is 1.52 bits per heavy atom. The van der Waals surface area contributed by atoms with Crippen molar-refractivity contribution in [1.29, 1.82) is 0 Å². The zero-order chi connectivity index (χ0) is 15.4. The van der Waals surface area contributed by atoms with Crippen molar-refractivity contribution >= 4 is 23.5 Å². The monoisotopic (exact) mass is 310 g/mol. The molecular weight excluding hydrogens is 288 g/mol. The number of hydrogen-bond acceptors (Lipinski definition) is 5. The van der Waals surface area contributed by atoms with Gasteiger partial charge in [0.2, 0.25) is 5.91 Å². The zero-order valence-electron chi connectivity index (χ0n) is 12.4. The molecule has 0 aromatic carbocycles. The third-order valence-corrected chi connectivity index (χ3v) is 5.01. The predicted molar refractivity (Wildman–Crippen MR) is 84.1 cm³/mol. The van der Waals surface area contributed by atoms with E-state index < -0.39 is 0 Å². The van der Waals surface area contributed by atoms with E-state index in [2.05, 4.69) is 29.1 Å². The number of carbonyl (C=O) groups excluding carboxylic acids is 1. The largest absolute Gasteiger partial charge is 0.383 e. The number of H-pyrrole nitrogens is 1. The van der Waals surface area contributed by atoms with Crippen LogP contribution in [0.2, 0.25) is 0 Å². The Labute approximate surface area is 128 Å². The average Bonchev–Trinajstić information content (AvgIpc) is 2.41. The number of hydrogen-bond donors (Lipinski definition) is 3. The van der Waals surface area contributed by atoms with Crippen LogP contribution in [0.5, 0.6) is 0 Å². The first kappa shape index (κ1) is 15.9. The summed E-state index contributed by atoms with van der Waals surface area (Å²) in [4.78, 5) is 29.8. The van der Waals surface area contributed by atoms with Crippen LogP contribution < -0.4 is 16.6 Å². The van der Waals surface area contributed by atoms with Crippen molar-refractivity contribution in [2.45, 2.75) is 44.3 Å². The van der Waals surface area contributed by atoms with Gasteiger partial charge in [-0.05, 0) is 18.3 Å². The van der Waals surface area contributed by atoms with Gasteiger partial charge in [-0.25, -0.2) is 4.98 Å². The number of amides is 1. The molecule has 1 aliphatic rings. The minimum atomic E-state index is -0.305. The lowest BCUT2D eigenvalue weighted by atomic mass is 9.78. The Morgan fingerprint density at radius 2 is 2.29 bits per heavy atom. The fraction of sp³-hybridized carbons (Fsp3) is 0.643. The minimum absolute atomic E-state index is 0.0315. The van der Waals surface area contributed by atoms with Crippen LogP contribution in [0.25, 0.3) is 0 Å². The number of anilines is 1. The molecule has 21 heavy (non-hydrogen) atoms. The fourth-order valence-electron chi connectivity index (χ4n) is 2.69. The second-order valence-electron chi connectivity index (χ2n) is 5.71. The highest BCUT2D eigenvalue weighted by Crippen LogP contribution is 2.29. The molecule has 1 aromatic rings. The molecule has 2 rings (SSSR count). The Morgan fingerprint density at radius 3 is 3.00 bits per heavy atom. The molecule has 1 aromatic heterocycles. The van der Waals surface area contributed by atoms with Gasteiger partial charge in [0.25, 0.3) is 5.56 Å². The molecule has 0 unspecified atom stereocenters. The quantitative estimate of drug-likeness (QED) is 0.576. The zero-order valence-corrected chi connectivity index (χ0v) is 13.2. The highest BCUT2D eigenvalue weighted by atomic mass is 32.2. The van der Waals surface area contributed by atoms with Crippen molar-refractivity contribution in [2.75, 3.05) is 11.5 Å². The van der Waals surface area contributed by atoms with E-state index >= 15 is 0 Å². The third kappa shape index (κ3) is 4.49. The summed E-state index contributed by atoms with van der Waals surface area (Å²) in [5.41, 5.74) is 5.20. The summed E-state index contributed by atoms with van der Waals surface area (Å²) in [7, 11) is 0. The molecule has 116 valence electrons. The van der Waals surface area contributed by atoms with E-state index in [9.17, 15) is 9.59 Å². The van der Waals surface area contributed by atoms with E-state index in [0.29, 0.717) is 17.0 Å². The Hall–Kier alpha value is -1.50. The first-order valence-electron chi connectivity index (χ1n) is 7.24. The van der Waals surface area contributed by atoms with Crippen LogP contribution in [-0.2, 0) is 4.79 Å². The maximum Gasteiger partial charge on any atom is 0.253 e. The molecule has 0 radical (unpaired) electrons. The highest BCUT2D eigenvalue weighted by molar-refractivity contribution is 7.99. The molecule has 0 spiro atoms. The minimum Gasteiger partial charge on any atom is -0.383 e. The van der Waals surface area contributed by atoms with Crippen LogP contribution in [0.3, 0.4) is 0 Å². The molecule has 0 aliphatic heterocycles. The molecule has 0 bridgehead atoms. The summed E-state index contributed by atoms with van der Waals surface area (Å²) in [6, 6.07) is 1.46. The summed E-state index contributed by atoms with van der Waals surface area (Å²) >= 11 is 1.19. The molecule has 1 fully saturated rings. The molecule has 7 heteroatoms. The summed E-state index contributed by atoms with van der Waals surface area (Å²) < 4.78 is 0. The Bertz CT molecular complexity index is 560. The second kappa shape index (κ2) is 6.98. The SMILES string of the molecule is C[C@H]1[C@@H](C)CCC[C@H]1NC(=O)CSc1nc(N)cc(=O)[nH]1. The first-order chi connectivity index (χ1) is 9.95. The van der Waals surface area contributed by atoms with Gasteiger partial charge in [-0.2, -0.15) is 0 Å². The first-order valence-corrected chi connectivity index (χ1v) is 8.23. The number of aromatic amines is 1. The van der Waals surface area contributed by atoms with Crippen molar-refractivity contribution in [3.8, 4) is 0 Å². The molecule has 4 N–H and O–H groups in total. The van der Waals surface area contributed by atoms with Crippen LogP contribution in [0, 0.1) is 11.8 Å². The van der Waals surface area contributed by atoms with Gasteiger partial charge >= 0.3 is 0 Å². The van der Waals surface area contributed by atoms with Crippen LogP contribution in [0.1, 0.15) is 33.1 Å². The lowest BCUT2D eigenvalue weighted by Crippen LogP contribution is -2.44. The van der Waals surface area contributed by atoms with Crippen molar-refractivity contribution < 1.29 is 4.79 Å². The van der Waals surface area contributed by atoms with Crippen LogP contribution in [0.4, 0.5) is 5.82 Å². The topological polar surface area (TPSA) is 101 Å². The lowest BCUT2D eigenvalue weighted by molar-refractivity contribution is -0.120.